The molecule has 4 rings (SSSR count). The standard InChI is InChI=1S/C19H17N3O3S/c1-10-5-7-14-13(8-10)20-16(23)19(3,25-14)17(24)22-18-21-12-6-4-11(2)9-15(12)26-18/h4-9H,1-3H3,(H,20,23)(H,21,22,24). The number of ether oxygens (including phenoxy) is 1. The molecule has 0 saturated carbocycles. The van der Waals surface area contributed by atoms with Crippen molar-refractivity contribution in [2.24, 2.45) is 0 Å². The predicted molar refractivity (Wildman–Crippen MR) is 102 cm³/mol. The predicted octanol–water partition coefficient (Wildman–Crippen LogP) is 3.64. The highest BCUT2D eigenvalue weighted by Crippen LogP contribution is 2.35. The smallest absolute Gasteiger partial charge is 0.280 e. The van der Waals surface area contributed by atoms with Crippen LogP contribution < -0.4 is 15.4 Å². The summed E-state index contributed by atoms with van der Waals surface area (Å²) in [4.78, 5) is 29.7. The summed E-state index contributed by atoms with van der Waals surface area (Å²) in [6, 6.07) is 11.3. The van der Waals surface area contributed by atoms with Gasteiger partial charge >= 0.3 is 0 Å². The number of hydrogen-bond acceptors (Lipinski definition) is 5. The van der Waals surface area contributed by atoms with Crippen LogP contribution in [-0.2, 0) is 9.59 Å². The summed E-state index contributed by atoms with van der Waals surface area (Å²) < 4.78 is 6.74. The third-order valence-corrected chi connectivity index (χ3v) is 5.26. The zero-order valence-corrected chi connectivity index (χ0v) is 15.4. The maximum atomic E-state index is 12.8. The van der Waals surface area contributed by atoms with E-state index in [0.717, 1.165) is 21.3 Å². The Labute approximate surface area is 154 Å². The first-order valence-corrected chi connectivity index (χ1v) is 8.96. The molecular weight excluding hydrogens is 350 g/mol. The number of aryl methyl sites for hydroxylation is 2. The minimum absolute atomic E-state index is 0.433. The van der Waals surface area contributed by atoms with E-state index in [1.807, 2.05) is 38.1 Å². The van der Waals surface area contributed by atoms with Crippen LogP contribution in [0.15, 0.2) is 36.4 Å². The quantitative estimate of drug-likeness (QED) is 0.678. The number of fused-ring (bicyclic) bond motifs is 2. The Morgan fingerprint density at radius 1 is 1.19 bits per heavy atom. The summed E-state index contributed by atoms with van der Waals surface area (Å²) in [6.45, 7) is 5.37. The Morgan fingerprint density at radius 3 is 2.73 bits per heavy atom. The van der Waals surface area contributed by atoms with Crippen molar-refractivity contribution in [3.8, 4) is 5.75 Å². The number of amides is 2. The van der Waals surface area contributed by atoms with Crippen LogP contribution in [0.5, 0.6) is 5.75 Å². The van der Waals surface area contributed by atoms with Crippen molar-refractivity contribution >= 4 is 44.2 Å². The molecule has 2 amide bonds. The molecule has 6 nitrogen and oxygen atoms in total. The zero-order valence-electron chi connectivity index (χ0n) is 14.5. The molecule has 2 N–H and O–H groups in total. The second kappa shape index (κ2) is 5.81. The second-order valence-corrected chi connectivity index (χ2v) is 7.56. The summed E-state index contributed by atoms with van der Waals surface area (Å²) in [5.41, 5.74) is 1.81. The highest BCUT2D eigenvalue weighted by atomic mass is 32.1. The van der Waals surface area contributed by atoms with E-state index in [0.29, 0.717) is 16.6 Å². The molecule has 0 spiro atoms. The average Bonchev–Trinajstić information content (AvgIpc) is 2.97. The van der Waals surface area contributed by atoms with Crippen LogP contribution in [0.2, 0.25) is 0 Å². The lowest BCUT2D eigenvalue weighted by molar-refractivity contribution is -0.143. The number of benzene rings is 2. The highest BCUT2D eigenvalue weighted by molar-refractivity contribution is 7.22. The zero-order chi connectivity index (χ0) is 18.5. The third-order valence-electron chi connectivity index (χ3n) is 4.33. The van der Waals surface area contributed by atoms with Crippen molar-refractivity contribution in [3.05, 3.63) is 47.5 Å². The summed E-state index contributed by atoms with van der Waals surface area (Å²) in [5.74, 6) is -0.602. The Balaban J connectivity index is 1.62. The van der Waals surface area contributed by atoms with E-state index in [-0.39, 0.29) is 0 Å². The second-order valence-electron chi connectivity index (χ2n) is 6.53. The van der Waals surface area contributed by atoms with Gasteiger partial charge in [0.25, 0.3) is 17.4 Å². The van der Waals surface area contributed by atoms with Crippen molar-refractivity contribution < 1.29 is 14.3 Å². The SMILES string of the molecule is Cc1ccc2c(c1)NC(=O)C(C)(C(=O)Nc1nc3ccc(C)cc3s1)O2. The number of carbonyl (C=O) groups is 2. The van der Waals surface area contributed by atoms with Gasteiger partial charge in [0.05, 0.1) is 15.9 Å². The number of nitrogens with one attached hydrogen (secondary N) is 2. The van der Waals surface area contributed by atoms with Gasteiger partial charge in [-0.25, -0.2) is 4.98 Å². The van der Waals surface area contributed by atoms with Crippen LogP contribution >= 0.6 is 11.3 Å². The van der Waals surface area contributed by atoms with E-state index in [9.17, 15) is 9.59 Å². The topological polar surface area (TPSA) is 80.3 Å². The van der Waals surface area contributed by atoms with Gasteiger partial charge in [-0.1, -0.05) is 23.5 Å². The van der Waals surface area contributed by atoms with Crippen LogP contribution in [0.3, 0.4) is 0 Å². The molecule has 26 heavy (non-hydrogen) atoms. The molecule has 3 aromatic rings. The van der Waals surface area contributed by atoms with Gasteiger partial charge in [-0.2, -0.15) is 0 Å². The van der Waals surface area contributed by atoms with Crippen LogP contribution in [0.4, 0.5) is 10.8 Å². The van der Waals surface area contributed by atoms with Crippen LogP contribution in [0.25, 0.3) is 10.2 Å². The minimum atomic E-state index is -1.67. The van der Waals surface area contributed by atoms with Crippen molar-refractivity contribution in [2.45, 2.75) is 26.4 Å². The normalized spacial score (nSPS) is 18.8. The van der Waals surface area contributed by atoms with Gasteiger partial charge < -0.3 is 10.1 Å². The molecule has 0 aliphatic carbocycles. The molecule has 2 aromatic carbocycles. The molecular formula is C19H17N3O3S. The molecule has 0 fully saturated rings. The monoisotopic (exact) mass is 367 g/mol. The minimum Gasteiger partial charge on any atom is -0.466 e. The molecule has 2 heterocycles. The van der Waals surface area contributed by atoms with E-state index in [4.69, 9.17) is 4.74 Å². The third kappa shape index (κ3) is 2.70. The first-order valence-electron chi connectivity index (χ1n) is 8.15. The molecule has 1 unspecified atom stereocenters. The Kier molecular flexibility index (Phi) is 3.69. The van der Waals surface area contributed by atoms with Crippen LogP contribution in [-0.4, -0.2) is 22.4 Å². The van der Waals surface area contributed by atoms with Crippen molar-refractivity contribution in [1.29, 1.82) is 0 Å². The molecule has 0 bridgehead atoms. The summed E-state index contributed by atoms with van der Waals surface area (Å²) in [5, 5.41) is 5.90. The highest BCUT2D eigenvalue weighted by Gasteiger charge is 2.47. The number of rotatable bonds is 2. The Hall–Kier alpha value is -2.93. The van der Waals surface area contributed by atoms with E-state index >= 15 is 0 Å². The van der Waals surface area contributed by atoms with Gasteiger partial charge in [0, 0.05) is 0 Å². The lowest BCUT2D eigenvalue weighted by Crippen LogP contribution is -2.56. The number of aromatic nitrogens is 1. The lowest BCUT2D eigenvalue weighted by atomic mass is 10.0. The van der Waals surface area contributed by atoms with Gasteiger partial charge in [-0.05, 0) is 56.2 Å². The van der Waals surface area contributed by atoms with Crippen molar-refractivity contribution in [2.75, 3.05) is 10.6 Å². The fourth-order valence-corrected chi connectivity index (χ4v) is 3.75. The van der Waals surface area contributed by atoms with Crippen molar-refractivity contribution in [3.63, 3.8) is 0 Å². The first-order chi connectivity index (χ1) is 12.3. The molecule has 132 valence electrons. The van der Waals surface area contributed by atoms with Gasteiger partial charge in [0.1, 0.15) is 5.75 Å². The maximum absolute atomic E-state index is 12.8. The molecule has 7 heteroatoms. The maximum Gasteiger partial charge on any atom is 0.280 e. The Morgan fingerprint density at radius 2 is 1.92 bits per heavy atom. The number of hydrogen-bond donors (Lipinski definition) is 2. The van der Waals surface area contributed by atoms with Crippen LogP contribution in [0.1, 0.15) is 18.1 Å². The van der Waals surface area contributed by atoms with E-state index in [1.165, 1.54) is 18.3 Å². The summed E-state index contributed by atoms with van der Waals surface area (Å²) in [7, 11) is 0. The lowest BCUT2D eigenvalue weighted by Gasteiger charge is -2.33. The average molecular weight is 367 g/mol. The summed E-state index contributed by atoms with van der Waals surface area (Å²) >= 11 is 1.36. The van der Waals surface area contributed by atoms with Gasteiger partial charge in [-0.15, -0.1) is 0 Å². The van der Waals surface area contributed by atoms with Gasteiger partial charge in [0.2, 0.25) is 0 Å². The first kappa shape index (κ1) is 16.5. The molecule has 0 saturated heterocycles. The summed E-state index contributed by atoms with van der Waals surface area (Å²) in [6.07, 6.45) is 0. The molecule has 1 atom stereocenters. The fourth-order valence-electron chi connectivity index (χ4n) is 2.79. The fraction of sp³-hybridized carbons (Fsp3) is 0.211. The van der Waals surface area contributed by atoms with Crippen molar-refractivity contribution in [1.82, 2.24) is 4.98 Å². The number of anilines is 2. The van der Waals surface area contributed by atoms with E-state index in [2.05, 4.69) is 15.6 Å². The largest absolute Gasteiger partial charge is 0.466 e. The number of thiazole rings is 1. The van der Waals surface area contributed by atoms with Gasteiger partial charge in [0.15, 0.2) is 5.13 Å². The van der Waals surface area contributed by atoms with E-state index in [1.54, 1.807) is 12.1 Å². The van der Waals surface area contributed by atoms with Gasteiger partial charge in [-0.3, -0.25) is 14.9 Å². The number of nitrogens with zero attached hydrogens (tertiary/aromatic N) is 1. The molecule has 1 aromatic heterocycles. The molecule has 0 radical (unpaired) electrons. The molecule has 1 aliphatic rings. The van der Waals surface area contributed by atoms with E-state index < -0.39 is 17.4 Å². The number of carbonyl (C=O) groups excluding carboxylic acids is 2. The molecule has 1 aliphatic heterocycles. The Bertz CT molecular complexity index is 1060. The van der Waals surface area contributed by atoms with Crippen LogP contribution in [0, 0.1) is 13.8 Å².